The molecule has 1 aliphatic rings. The Morgan fingerprint density at radius 3 is 2.89 bits per heavy atom. The van der Waals surface area contributed by atoms with E-state index >= 15 is 0 Å². The average molecular weight is 329 g/mol. The number of rotatable bonds is 5. The molecule has 100 valence electrons. The van der Waals surface area contributed by atoms with E-state index in [2.05, 4.69) is 39.3 Å². The Bertz CT molecular complexity index is 367. The largest absolute Gasteiger partial charge is 0.316 e. The molecule has 1 aliphatic carbocycles. The summed E-state index contributed by atoms with van der Waals surface area (Å²) >= 11 is 5.41. The quantitative estimate of drug-likeness (QED) is 0.823. The first-order valence-electron chi connectivity index (χ1n) is 6.72. The highest BCUT2D eigenvalue weighted by Crippen LogP contribution is 2.31. The molecule has 0 radical (unpaired) electrons. The minimum atomic E-state index is 0.615. The molecular weight excluding hydrogens is 308 g/mol. The summed E-state index contributed by atoms with van der Waals surface area (Å²) in [5.41, 5.74) is 0. The molecule has 0 amide bonds. The van der Waals surface area contributed by atoms with E-state index in [0.29, 0.717) is 6.04 Å². The fraction of sp³-hybridized carbons (Fsp3) is 0.643. The van der Waals surface area contributed by atoms with Crippen LogP contribution in [0.4, 0.5) is 0 Å². The van der Waals surface area contributed by atoms with Crippen LogP contribution in [0, 0.1) is 5.92 Å². The summed E-state index contributed by atoms with van der Waals surface area (Å²) in [6.45, 7) is 0. The minimum absolute atomic E-state index is 0.615. The van der Waals surface area contributed by atoms with Gasteiger partial charge in [-0.05, 0) is 53.9 Å². The van der Waals surface area contributed by atoms with Crippen molar-refractivity contribution in [3.63, 3.8) is 0 Å². The third kappa shape index (κ3) is 3.97. The molecule has 0 spiro atoms. The van der Waals surface area contributed by atoms with Gasteiger partial charge in [0.15, 0.2) is 0 Å². The molecule has 1 heterocycles. The number of nitrogens with zero attached hydrogens (tertiary/aromatic N) is 1. The van der Waals surface area contributed by atoms with Gasteiger partial charge in [0.25, 0.3) is 0 Å². The molecule has 0 bridgehead atoms. The Morgan fingerprint density at radius 2 is 2.22 bits per heavy atom. The molecule has 1 N–H and O–H groups in total. The van der Waals surface area contributed by atoms with Gasteiger partial charge in [-0.1, -0.05) is 19.3 Å². The van der Waals surface area contributed by atoms with E-state index in [-0.39, 0.29) is 0 Å². The highest BCUT2D eigenvalue weighted by Gasteiger charge is 2.22. The molecule has 2 nitrogen and oxygen atoms in total. The van der Waals surface area contributed by atoms with Crippen LogP contribution >= 0.6 is 27.7 Å². The van der Waals surface area contributed by atoms with E-state index in [9.17, 15) is 0 Å². The van der Waals surface area contributed by atoms with E-state index in [4.69, 9.17) is 0 Å². The van der Waals surface area contributed by atoms with Gasteiger partial charge in [-0.3, -0.25) is 0 Å². The first-order chi connectivity index (χ1) is 8.81. The van der Waals surface area contributed by atoms with Gasteiger partial charge in [0.2, 0.25) is 0 Å². The van der Waals surface area contributed by atoms with Crippen molar-refractivity contribution in [1.29, 1.82) is 0 Å². The first-order valence-corrected chi connectivity index (χ1v) is 8.49. The summed E-state index contributed by atoms with van der Waals surface area (Å²) in [6.07, 6.45) is 8.86. The Kier molecular flexibility index (Phi) is 5.99. The summed E-state index contributed by atoms with van der Waals surface area (Å²) in [5.74, 6) is 1.95. The Balaban J connectivity index is 1.88. The molecule has 2 rings (SSSR count). The monoisotopic (exact) mass is 328 g/mol. The Hall–Kier alpha value is -0.0600. The van der Waals surface area contributed by atoms with Crippen LogP contribution < -0.4 is 5.32 Å². The molecule has 18 heavy (non-hydrogen) atoms. The Labute approximate surface area is 122 Å². The Morgan fingerprint density at radius 1 is 1.44 bits per heavy atom. The van der Waals surface area contributed by atoms with Crippen molar-refractivity contribution in [2.45, 2.75) is 43.2 Å². The predicted molar refractivity (Wildman–Crippen MR) is 82.1 cm³/mol. The fourth-order valence-corrected chi connectivity index (χ4v) is 4.35. The molecule has 1 aromatic rings. The lowest BCUT2D eigenvalue weighted by atomic mass is 9.84. The highest BCUT2D eigenvalue weighted by atomic mass is 79.9. The van der Waals surface area contributed by atoms with Gasteiger partial charge < -0.3 is 5.32 Å². The zero-order valence-corrected chi connectivity index (χ0v) is 13.3. The van der Waals surface area contributed by atoms with Crippen LogP contribution in [0.15, 0.2) is 27.8 Å². The van der Waals surface area contributed by atoms with Crippen LogP contribution in [0.5, 0.6) is 0 Å². The predicted octanol–water partition coefficient (Wildman–Crippen LogP) is 4.10. The standard InChI is InChI=1S/C14H21BrN2S/c1-16-13(11-6-3-2-4-7-11)10-18-14-12(15)8-5-9-17-14/h5,8-9,11,13,16H,2-4,6-7,10H2,1H3. The van der Waals surface area contributed by atoms with Gasteiger partial charge in [0.05, 0.1) is 0 Å². The van der Waals surface area contributed by atoms with Crippen LogP contribution in [0.2, 0.25) is 0 Å². The fourth-order valence-electron chi connectivity index (χ4n) is 2.64. The summed E-state index contributed by atoms with van der Waals surface area (Å²) in [4.78, 5) is 4.42. The van der Waals surface area contributed by atoms with Crippen molar-refractivity contribution in [3.8, 4) is 0 Å². The molecule has 1 unspecified atom stereocenters. The van der Waals surface area contributed by atoms with E-state index in [0.717, 1.165) is 21.2 Å². The molecule has 1 aromatic heterocycles. The lowest BCUT2D eigenvalue weighted by Crippen LogP contribution is -2.36. The van der Waals surface area contributed by atoms with E-state index in [1.54, 1.807) is 0 Å². The van der Waals surface area contributed by atoms with E-state index in [1.165, 1.54) is 32.1 Å². The lowest BCUT2D eigenvalue weighted by Gasteiger charge is -2.29. The summed E-state index contributed by atoms with van der Waals surface area (Å²) in [7, 11) is 2.09. The van der Waals surface area contributed by atoms with E-state index in [1.807, 2.05) is 24.0 Å². The SMILES string of the molecule is CNC(CSc1ncccc1Br)C1CCCCC1. The maximum absolute atomic E-state index is 4.42. The number of aromatic nitrogens is 1. The van der Waals surface area contributed by atoms with Crippen molar-refractivity contribution < 1.29 is 0 Å². The van der Waals surface area contributed by atoms with Gasteiger partial charge in [-0.25, -0.2) is 4.98 Å². The molecule has 1 atom stereocenters. The van der Waals surface area contributed by atoms with Crippen molar-refractivity contribution in [1.82, 2.24) is 10.3 Å². The number of hydrogen-bond donors (Lipinski definition) is 1. The number of thioether (sulfide) groups is 1. The number of pyridine rings is 1. The third-order valence-electron chi connectivity index (χ3n) is 3.71. The molecule has 1 saturated carbocycles. The van der Waals surface area contributed by atoms with Crippen LogP contribution in [0.25, 0.3) is 0 Å². The molecule has 0 aromatic carbocycles. The van der Waals surface area contributed by atoms with Crippen LogP contribution in [0.3, 0.4) is 0 Å². The molecule has 0 aliphatic heterocycles. The minimum Gasteiger partial charge on any atom is -0.316 e. The maximum Gasteiger partial charge on any atom is 0.110 e. The highest BCUT2D eigenvalue weighted by molar-refractivity contribution is 9.10. The van der Waals surface area contributed by atoms with Crippen molar-refractivity contribution in [2.24, 2.45) is 5.92 Å². The molecule has 0 saturated heterocycles. The second-order valence-corrected chi connectivity index (χ2v) is 6.76. The van der Waals surface area contributed by atoms with Crippen LogP contribution in [0.1, 0.15) is 32.1 Å². The lowest BCUT2D eigenvalue weighted by molar-refractivity contribution is 0.294. The van der Waals surface area contributed by atoms with Gasteiger partial charge in [-0.15, -0.1) is 11.8 Å². The molecular formula is C14H21BrN2S. The van der Waals surface area contributed by atoms with Gasteiger partial charge in [0, 0.05) is 22.5 Å². The second kappa shape index (κ2) is 7.51. The summed E-state index contributed by atoms with van der Waals surface area (Å²) in [5, 5.41) is 4.60. The number of nitrogens with one attached hydrogen (secondary N) is 1. The average Bonchev–Trinajstić information content (AvgIpc) is 2.42. The molecule has 4 heteroatoms. The third-order valence-corrected chi connectivity index (χ3v) is 5.74. The zero-order valence-electron chi connectivity index (χ0n) is 10.9. The van der Waals surface area contributed by atoms with Gasteiger partial charge in [-0.2, -0.15) is 0 Å². The van der Waals surface area contributed by atoms with Crippen LogP contribution in [-0.4, -0.2) is 23.8 Å². The number of hydrogen-bond acceptors (Lipinski definition) is 3. The van der Waals surface area contributed by atoms with Crippen molar-refractivity contribution in [2.75, 3.05) is 12.8 Å². The topological polar surface area (TPSA) is 24.9 Å². The zero-order chi connectivity index (χ0) is 12.8. The maximum atomic E-state index is 4.42. The smallest absolute Gasteiger partial charge is 0.110 e. The normalized spacial score (nSPS) is 18.8. The van der Waals surface area contributed by atoms with Crippen LogP contribution in [-0.2, 0) is 0 Å². The van der Waals surface area contributed by atoms with Crippen molar-refractivity contribution >= 4 is 27.7 Å². The molecule has 1 fully saturated rings. The van der Waals surface area contributed by atoms with Gasteiger partial charge >= 0.3 is 0 Å². The summed E-state index contributed by atoms with van der Waals surface area (Å²) in [6, 6.07) is 4.64. The second-order valence-electron chi connectivity index (χ2n) is 4.89. The van der Waals surface area contributed by atoms with Gasteiger partial charge in [0.1, 0.15) is 5.03 Å². The first kappa shape index (κ1) is 14.4. The summed E-state index contributed by atoms with van der Waals surface area (Å²) < 4.78 is 1.11. The number of halogens is 1. The van der Waals surface area contributed by atoms with Crippen molar-refractivity contribution in [3.05, 3.63) is 22.8 Å². The van der Waals surface area contributed by atoms with E-state index < -0.39 is 0 Å².